The van der Waals surface area contributed by atoms with Crippen LogP contribution in [0.4, 0.5) is 5.69 Å². The Hall–Kier alpha value is -2.41. The molecule has 1 unspecified atom stereocenters. The van der Waals surface area contributed by atoms with Crippen molar-refractivity contribution >= 4 is 23.4 Å². The van der Waals surface area contributed by atoms with Crippen LogP contribution >= 0.6 is 0 Å². The first-order valence-corrected chi connectivity index (χ1v) is 9.71. The van der Waals surface area contributed by atoms with Crippen molar-refractivity contribution in [3.63, 3.8) is 0 Å². The molecule has 4 N–H and O–H groups in total. The summed E-state index contributed by atoms with van der Waals surface area (Å²) in [7, 11) is 0. The van der Waals surface area contributed by atoms with Crippen molar-refractivity contribution in [2.45, 2.75) is 44.6 Å². The molecule has 1 atom stereocenters. The number of amides is 3. The first-order valence-electron chi connectivity index (χ1n) is 9.71. The van der Waals surface area contributed by atoms with E-state index < -0.39 is 0 Å². The Labute approximate surface area is 159 Å². The monoisotopic (exact) mass is 372 g/mol. The smallest absolute Gasteiger partial charge is 0.253 e. The fourth-order valence-electron chi connectivity index (χ4n) is 3.55. The number of para-hydroxylation sites is 1. The van der Waals surface area contributed by atoms with Crippen LogP contribution in [-0.4, -0.2) is 48.3 Å². The number of likely N-dealkylation sites (tertiary alicyclic amines) is 1. The molecule has 1 aliphatic heterocycles. The van der Waals surface area contributed by atoms with E-state index >= 15 is 0 Å². The van der Waals surface area contributed by atoms with Crippen LogP contribution in [0, 0.1) is 5.92 Å². The van der Waals surface area contributed by atoms with E-state index in [0.29, 0.717) is 23.6 Å². The lowest BCUT2D eigenvalue weighted by molar-refractivity contribution is -0.119. The molecular weight excluding hydrogens is 344 g/mol. The van der Waals surface area contributed by atoms with E-state index in [2.05, 4.69) is 15.5 Å². The number of nitrogens with one attached hydrogen (secondary N) is 2. The van der Waals surface area contributed by atoms with Crippen molar-refractivity contribution < 1.29 is 14.4 Å². The molecule has 0 spiro atoms. The zero-order valence-corrected chi connectivity index (χ0v) is 15.6. The highest BCUT2D eigenvalue weighted by Crippen LogP contribution is 2.23. The number of benzene rings is 1. The molecule has 2 aliphatic rings. The molecule has 1 aromatic rings. The molecule has 1 heterocycles. The van der Waals surface area contributed by atoms with E-state index in [9.17, 15) is 14.4 Å². The maximum atomic E-state index is 12.5. The molecule has 0 bridgehead atoms. The lowest BCUT2D eigenvalue weighted by Crippen LogP contribution is -2.40. The Morgan fingerprint density at radius 1 is 1.15 bits per heavy atom. The zero-order valence-electron chi connectivity index (χ0n) is 15.6. The number of piperidine rings is 1. The number of anilines is 1. The molecule has 1 aliphatic carbocycles. The van der Waals surface area contributed by atoms with Crippen LogP contribution in [0.2, 0.25) is 0 Å². The Kier molecular flexibility index (Phi) is 6.45. The minimum absolute atomic E-state index is 0.128. The summed E-state index contributed by atoms with van der Waals surface area (Å²) in [6.45, 7) is 1.94. The molecular formula is C20H28N4O3. The third-order valence-corrected chi connectivity index (χ3v) is 5.13. The summed E-state index contributed by atoms with van der Waals surface area (Å²) in [5.74, 6) is -0.142. The number of hydrogen-bond donors (Lipinski definition) is 3. The maximum Gasteiger partial charge on any atom is 0.253 e. The van der Waals surface area contributed by atoms with Crippen molar-refractivity contribution in [2.75, 3.05) is 25.0 Å². The van der Waals surface area contributed by atoms with Gasteiger partial charge in [0.05, 0.1) is 17.8 Å². The molecule has 27 heavy (non-hydrogen) atoms. The molecule has 146 valence electrons. The second kappa shape index (κ2) is 8.99. The summed E-state index contributed by atoms with van der Waals surface area (Å²) in [4.78, 5) is 37.9. The number of carbonyl (C=O) groups excluding carboxylic acids is 3. The number of primary amides is 1. The van der Waals surface area contributed by atoms with E-state index in [0.717, 1.165) is 45.2 Å². The van der Waals surface area contributed by atoms with Crippen molar-refractivity contribution in [1.82, 2.24) is 10.2 Å². The number of nitrogens with zero attached hydrogens (tertiary/aromatic N) is 1. The fraction of sp³-hybridized carbons (Fsp3) is 0.550. The molecule has 7 nitrogen and oxygen atoms in total. The van der Waals surface area contributed by atoms with Crippen LogP contribution in [0.25, 0.3) is 0 Å². The number of rotatable bonds is 8. The first kappa shape index (κ1) is 19.4. The van der Waals surface area contributed by atoms with E-state index in [1.54, 1.807) is 18.2 Å². The SMILES string of the molecule is NC(=O)CCC1CCCN(CC(=O)Nc2ccccc2C(=O)NC2CC2)C1. The van der Waals surface area contributed by atoms with Crippen LogP contribution in [0.1, 0.15) is 48.9 Å². The van der Waals surface area contributed by atoms with Crippen LogP contribution < -0.4 is 16.4 Å². The minimum atomic E-state index is -0.272. The minimum Gasteiger partial charge on any atom is -0.370 e. The molecule has 3 rings (SSSR count). The van der Waals surface area contributed by atoms with Gasteiger partial charge >= 0.3 is 0 Å². The summed E-state index contributed by atoms with van der Waals surface area (Å²) >= 11 is 0. The predicted molar refractivity (Wildman–Crippen MR) is 103 cm³/mol. The highest BCUT2D eigenvalue weighted by atomic mass is 16.2. The van der Waals surface area contributed by atoms with Crippen LogP contribution in [0.15, 0.2) is 24.3 Å². The van der Waals surface area contributed by atoms with Crippen LogP contribution in [-0.2, 0) is 9.59 Å². The van der Waals surface area contributed by atoms with Gasteiger partial charge in [-0.2, -0.15) is 0 Å². The van der Waals surface area contributed by atoms with Gasteiger partial charge in [-0.25, -0.2) is 0 Å². The largest absolute Gasteiger partial charge is 0.370 e. The van der Waals surface area contributed by atoms with Crippen LogP contribution in [0.3, 0.4) is 0 Å². The average molecular weight is 372 g/mol. The van der Waals surface area contributed by atoms with Gasteiger partial charge in [-0.15, -0.1) is 0 Å². The summed E-state index contributed by atoms with van der Waals surface area (Å²) < 4.78 is 0. The Morgan fingerprint density at radius 3 is 2.67 bits per heavy atom. The number of hydrogen-bond acceptors (Lipinski definition) is 4. The van der Waals surface area contributed by atoms with Gasteiger partial charge in [0.15, 0.2) is 0 Å². The van der Waals surface area contributed by atoms with Crippen molar-refractivity contribution in [3.05, 3.63) is 29.8 Å². The van der Waals surface area contributed by atoms with Crippen molar-refractivity contribution in [3.8, 4) is 0 Å². The summed E-state index contributed by atoms with van der Waals surface area (Å²) in [5, 5.41) is 5.84. The molecule has 2 fully saturated rings. The second-order valence-corrected chi connectivity index (χ2v) is 7.59. The zero-order chi connectivity index (χ0) is 19.2. The topological polar surface area (TPSA) is 105 Å². The molecule has 0 aromatic heterocycles. The average Bonchev–Trinajstić information content (AvgIpc) is 3.44. The highest BCUT2D eigenvalue weighted by molar-refractivity contribution is 6.04. The van der Waals surface area contributed by atoms with Crippen molar-refractivity contribution in [2.24, 2.45) is 11.7 Å². The Balaban J connectivity index is 1.53. The first-order chi connectivity index (χ1) is 13.0. The summed E-state index contributed by atoms with van der Waals surface area (Å²) in [5.41, 5.74) is 6.27. The van der Waals surface area contributed by atoms with E-state index in [1.165, 1.54) is 0 Å². The van der Waals surface area contributed by atoms with Gasteiger partial charge in [-0.1, -0.05) is 12.1 Å². The van der Waals surface area contributed by atoms with E-state index in [1.807, 2.05) is 6.07 Å². The van der Waals surface area contributed by atoms with Gasteiger partial charge in [0.2, 0.25) is 11.8 Å². The maximum absolute atomic E-state index is 12.5. The lowest BCUT2D eigenvalue weighted by atomic mass is 9.93. The molecule has 0 radical (unpaired) electrons. The number of nitrogens with two attached hydrogens (primary N) is 1. The number of carbonyl (C=O) groups is 3. The molecule has 3 amide bonds. The van der Waals surface area contributed by atoms with Gasteiger partial charge in [0.1, 0.15) is 0 Å². The van der Waals surface area contributed by atoms with Crippen molar-refractivity contribution in [1.29, 1.82) is 0 Å². The Morgan fingerprint density at radius 2 is 1.93 bits per heavy atom. The van der Waals surface area contributed by atoms with E-state index in [-0.39, 0.29) is 30.3 Å². The van der Waals surface area contributed by atoms with Crippen LogP contribution in [0.5, 0.6) is 0 Å². The standard InChI is InChI=1S/C20H28N4O3/c21-18(25)10-7-14-4-3-11-24(12-14)13-19(26)23-17-6-2-1-5-16(17)20(27)22-15-8-9-15/h1-2,5-6,14-15H,3-4,7-13H2,(H2,21,25)(H,22,27)(H,23,26). The highest BCUT2D eigenvalue weighted by Gasteiger charge is 2.25. The summed E-state index contributed by atoms with van der Waals surface area (Å²) in [6, 6.07) is 7.36. The Bertz CT molecular complexity index is 702. The molecule has 1 saturated heterocycles. The van der Waals surface area contributed by atoms with Gasteiger partial charge in [-0.3, -0.25) is 19.3 Å². The molecule has 1 aromatic carbocycles. The summed E-state index contributed by atoms with van der Waals surface area (Å²) in [6.07, 6.45) is 5.29. The quantitative estimate of drug-likeness (QED) is 0.643. The molecule has 7 heteroatoms. The third-order valence-electron chi connectivity index (χ3n) is 5.13. The predicted octanol–water partition coefficient (Wildman–Crippen LogP) is 1.49. The van der Waals surface area contributed by atoms with Gasteiger partial charge in [-0.05, 0) is 56.7 Å². The second-order valence-electron chi connectivity index (χ2n) is 7.59. The molecule has 1 saturated carbocycles. The third kappa shape index (κ3) is 6.06. The van der Waals surface area contributed by atoms with Gasteiger partial charge < -0.3 is 16.4 Å². The normalized spacial score (nSPS) is 20.1. The van der Waals surface area contributed by atoms with E-state index in [4.69, 9.17) is 5.73 Å². The van der Waals surface area contributed by atoms with Gasteiger partial charge in [0, 0.05) is 19.0 Å². The lowest BCUT2D eigenvalue weighted by Gasteiger charge is -2.32. The fourth-order valence-corrected chi connectivity index (χ4v) is 3.55. The van der Waals surface area contributed by atoms with Gasteiger partial charge in [0.25, 0.3) is 5.91 Å².